The molecular weight excluding hydrogens is 476 g/mol. The lowest BCUT2D eigenvalue weighted by Crippen LogP contribution is -2.32. The van der Waals surface area contributed by atoms with Crippen LogP contribution in [0.3, 0.4) is 0 Å². The molecule has 5 heterocycles. The van der Waals surface area contributed by atoms with E-state index in [0.717, 1.165) is 31.7 Å². The summed E-state index contributed by atoms with van der Waals surface area (Å²) in [6.07, 6.45) is 1.61. The van der Waals surface area contributed by atoms with Crippen LogP contribution < -0.4 is 0 Å². The van der Waals surface area contributed by atoms with Crippen LogP contribution in [0.5, 0.6) is 0 Å². The highest BCUT2D eigenvalue weighted by Crippen LogP contribution is 2.33. The van der Waals surface area contributed by atoms with Crippen molar-refractivity contribution in [2.45, 2.75) is 38.4 Å². The molecule has 178 valence electrons. The molecule has 1 unspecified atom stereocenters. The van der Waals surface area contributed by atoms with Crippen LogP contribution in [0.1, 0.15) is 42.5 Å². The smallest absolute Gasteiger partial charge is 0.289 e. The first-order chi connectivity index (χ1) is 16.3. The molecule has 0 bridgehead atoms. The molecule has 1 amide bonds. The second-order valence-corrected chi connectivity index (χ2v) is 8.54. The quantitative estimate of drug-likeness (QED) is 0.362. The Labute approximate surface area is 196 Å². The maximum absolute atomic E-state index is 14.6. The molecule has 0 saturated carbocycles. The van der Waals surface area contributed by atoms with Gasteiger partial charge in [0.2, 0.25) is 0 Å². The summed E-state index contributed by atoms with van der Waals surface area (Å²) < 4.78 is 57.0. The molecule has 1 fully saturated rings. The van der Waals surface area contributed by atoms with E-state index in [2.05, 4.69) is 15.1 Å². The van der Waals surface area contributed by atoms with Crippen LogP contribution in [0, 0.1) is 5.82 Å². The van der Waals surface area contributed by atoms with E-state index < -0.39 is 18.5 Å². The molecule has 0 aliphatic carbocycles. The zero-order valence-electron chi connectivity index (χ0n) is 17.8. The van der Waals surface area contributed by atoms with Crippen LogP contribution in [0.25, 0.3) is 27.9 Å². The predicted octanol–water partition coefficient (Wildman–Crippen LogP) is 5.29. The number of hydrogen-bond donors (Lipinski definition) is 0. The van der Waals surface area contributed by atoms with Gasteiger partial charge in [0, 0.05) is 36.9 Å². The van der Waals surface area contributed by atoms with Gasteiger partial charge in [0.15, 0.2) is 0 Å². The lowest BCUT2D eigenvalue weighted by molar-refractivity contribution is 0.00356. The largest absolute Gasteiger partial charge is 0.337 e. The fourth-order valence-corrected chi connectivity index (χ4v) is 4.37. The Kier molecular flexibility index (Phi) is 5.88. The summed E-state index contributed by atoms with van der Waals surface area (Å²) in [6.45, 7) is 1.15. The minimum Gasteiger partial charge on any atom is -0.337 e. The summed E-state index contributed by atoms with van der Waals surface area (Å²) in [7, 11) is 0. The Morgan fingerprint density at radius 2 is 1.76 bits per heavy atom. The molecule has 4 aromatic heterocycles. The Bertz CT molecular complexity index is 1380. The molecule has 1 aliphatic heterocycles. The number of pyridine rings is 2. The SMILES string of the molecule is O=C(c1cc2c(cn1)c(-c1cnc3cc(F)c(Cl)cn13)nn2C(F)C(F)F)N1CCCCCC1. The average Bonchev–Trinajstić information content (AvgIpc) is 3.26. The molecule has 0 aromatic carbocycles. The third-order valence-corrected chi connectivity index (χ3v) is 6.22. The van der Waals surface area contributed by atoms with Gasteiger partial charge >= 0.3 is 0 Å². The van der Waals surface area contributed by atoms with Gasteiger partial charge in [-0.25, -0.2) is 27.2 Å². The highest BCUT2D eigenvalue weighted by molar-refractivity contribution is 6.30. The van der Waals surface area contributed by atoms with Gasteiger partial charge in [0.1, 0.15) is 22.9 Å². The number of rotatable bonds is 4. The fraction of sp³-hybridized carbons (Fsp3) is 0.364. The minimum absolute atomic E-state index is 0.0147. The van der Waals surface area contributed by atoms with Gasteiger partial charge in [-0.05, 0) is 18.9 Å². The number of amides is 1. The molecule has 1 atom stereocenters. The van der Waals surface area contributed by atoms with Gasteiger partial charge in [0.05, 0.1) is 22.4 Å². The minimum atomic E-state index is -3.35. The lowest BCUT2D eigenvalue weighted by atomic mass is 10.2. The van der Waals surface area contributed by atoms with Crippen molar-refractivity contribution in [2.75, 3.05) is 13.1 Å². The van der Waals surface area contributed by atoms with E-state index in [0.29, 0.717) is 17.8 Å². The Hall–Kier alpha value is -3.21. The summed E-state index contributed by atoms with van der Waals surface area (Å²) in [6, 6.07) is 2.39. The summed E-state index contributed by atoms with van der Waals surface area (Å²) >= 11 is 5.90. The van der Waals surface area contributed by atoms with Crippen LogP contribution in [0.4, 0.5) is 17.6 Å². The number of halogens is 5. The molecule has 12 heteroatoms. The number of carbonyl (C=O) groups is 1. The standard InChI is InChI=1S/C22H19ClF4N6O/c23-13-11-32-17(10-29-18(32)7-14(13)24)19-12-9-28-15(22(34)31-5-3-1-2-4-6-31)8-16(12)33(30-19)21(27)20(25)26/h7-11,20-21H,1-6H2. The van der Waals surface area contributed by atoms with Crippen molar-refractivity contribution < 1.29 is 22.4 Å². The number of hydrogen-bond acceptors (Lipinski definition) is 4. The number of imidazole rings is 1. The van der Waals surface area contributed by atoms with Crippen molar-refractivity contribution in [3.05, 3.63) is 47.3 Å². The number of aromatic nitrogens is 5. The van der Waals surface area contributed by atoms with Crippen LogP contribution >= 0.6 is 11.6 Å². The van der Waals surface area contributed by atoms with Crippen LogP contribution in [-0.4, -0.2) is 54.5 Å². The zero-order valence-corrected chi connectivity index (χ0v) is 18.5. The zero-order chi connectivity index (χ0) is 24.0. The summed E-state index contributed by atoms with van der Waals surface area (Å²) in [4.78, 5) is 23.0. The van der Waals surface area contributed by atoms with Crippen molar-refractivity contribution in [1.82, 2.24) is 29.0 Å². The topological polar surface area (TPSA) is 68.3 Å². The van der Waals surface area contributed by atoms with E-state index >= 15 is 0 Å². The predicted molar refractivity (Wildman–Crippen MR) is 117 cm³/mol. The van der Waals surface area contributed by atoms with E-state index in [4.69, 9.17) is 11.6 Å². The Morgan fingerprint density at radius 1 is 1.03 bits per heavy atom. The molecule has 0 spiro atoms. The third-order valence-electron chi connectivity index (χ3n) is 5.94. The van der Waals surface area contributed by atoms with Gasteiger partial charge in [-0.1, -0.05) is 24.4 Å². The molecule has 7 nitrogen and oxygen atoms in total. The molecule has 1 saturated heterocycles. The van der Waals surface area contributed by atoms with Crippen LogP contribution in [-0.2, 0) is 0 Å². The number of carbonyl (C=O) groups excluding carboxylic acids is 1. The van der Waals surface area contributed by atoms with Gasteiger partial charge < -0.3 is 4.90 Å². The van der Waals surface area contributed by atoms with Gasteiger partial charge in [-0.2, -0.15) is 5.10 Å². The fourth-order valence-electron chi connectivity index (χ4n) is 4.22. The second kappa shape index (κ2) is 8.86. The first-order valence-electron chi connectivity index (χ1n) is 10.8. The molecule has 5 rings (SSSR count). The highest BCUT2D eigenvalue weighted by Gasteiger charge is 2.28. The van der Waals surface area contributed by atoms with Crippen molar-refractivity contribution in [3.8, 4) is 11.4 Å². The number of likely N-dealkylation sites (tertiary alicyclic amines) is 1. The summed E-state index contributed by atoms with van der Waals surface area (Å²) in [5.74, 6) is -1.02. The van der Waals surface area contributed by atoms with Crippen LogP contribution in [0.15, 0.2) is 30.7 Å². The van der Waals surface area contributed by atoms with Crippen molar-refractivity contribution in [3.63, 3.8) is 0 Å². The molecule has 4 aromatic rings. The van der Waals surface area contributed by atoms with E-state index in [-0.39, 0.29) is 44.6 Å². The van der Waals surface area contributed by atoms with Crippen LogP contribution in [0.2, 0.25) is 5.02 Å². The Balaban J connectivity index is 1.65. The monoisotopic (exact) mass is 494 g/mol. The number of fused-ring (bicyclic) bond motifs is 2. The number of alkyl halides is 3. The Morgan fingerprint density at radius 3 is 2.47 bits per heavy atom. The summed E-state index contributed by atoms with van der Waals surface area (Å²) in [5.41, 5.74) is 0.572. The third kappa shape index (κ3) is 3.87. The first kappa shape index (κ1) is 22.6. The van der Waals surface area contributed by atoms with Gasteiger partial charge in [-0.3, -0.25) is 14.2 Å². The lowest BCUT2D eigenvalue weighted by Gasteiger charge is -2.19. The normalized spacial score (nSPS) is 15.9. The van der Waals surface area contributed by atoms with Gasteiger partial charge in [-0.15, -0.1) is 0 Å². The second-order valence-electron chi connectivity index (χ2n) is 8.13. The highest BCUT2D eigenvalue weighted by atomic mass is 35.5. The molecule has 0 radical (unpaired) electrons. The maximum Gasteiger partial charge on any atom is 0.289 e. The number of nitrogens with zero attached hydrogens (tertiary/aromatic N) is 6. The van der Waals surface area contributed by atoms with Crippen molar-refractivity contribution in [2.24, 2.45) is 0 Å². The summed E-state index contributed by atoms with van der Waals surface area (Å²) in [5, 5.41) is 4.13. The average molecular weight is 495 g/mol. The van der Waals surface area contributed by atoms with Crippen molar-refractivity contribution in [1.29, 1.82) is 0 Å². The first-order valence-corrected chi connectivity index (χ1v) is 11.1. The van der Waals surface area contributed by atoms with Crippen molar-refractivity contribution >= 4 is 34.1 Å². The molecular formula is C22H19ClF4N6O. The molecule has 34 heavy (non-hydrogen) atoms. The van der Waals surface area contributed by atoms with E-state index in [1.165, 1.54) is 29.1 Å². The molecule has 1 aliphatic rings. The maximum atomic E-state index is 14.6. The van der Waals surface area contributed by atoms with E-state index in [1.54, 1.807) is 4.90 Å². The van der Waals surface area contributed by atoms with E-state index in [1.807, 2.05) is 0 Å². The molecule has 0 N–H and O–H groups in total. The van der Waals surface area contributed by atoms with E-state index in [9.17, 15) is 22.4 Å². The van der Waals surface area contributed by atoms with Gasteiger partial charge in [0.25, 0.3) is 18.6 Å².